The smallest absolute Gasteiger partial charge is 0.337 e. The predicted octanol–water partition coefficient (Wildman–Crippen LogP) is 4.54. The number of carbonyl (C=O) groups is 1. The van der Waals surface area contributed by atoms with E-state index in [2.05, 4.69) is 35.4 Å². The zero-order valence-electron chi connectivity index (χ0n) is 14.3. The van der Waals surface area contributed by atoms with Crippen LogP contribution in [0.2, 0.25) is 0 Å². The highest BCUT2D eigenvalue weighted by Crippen LogP contribution is 2.17. The molecule has 0 bridgehead atoms. The number of methoxy groups -OCH3 is 1. The molecule has 126 valence electrons. The van der Waals surface area contributed by atoms with E-state index in [1.54, 1.807) is 12.1 Å². The average Bonchev–Trinajstić information content (AvgIpc) is 2.66. The molecule has 0 spiro atoms. The number of nitrogens with one attached hydrogen (secondary N) is 1. The number of fused-ring (bicyclic) bond motifs is 1. The van der Waals surface area contributed by atoms with Crippen molar-refractivity contribution in [2.75, 3.05) is 19.0 Å². The molecule has 0 saturated heterocycles. The zero-order valence-corrected chi connectivity index (χ0v) is 14.3. The van der Waals surface area contributed by atoms with Gasteiger partial charge in [0.05, 0.1) is 30.1 Å². The molecule has 0 atom stereocenters. The van der Waals surface area contributed by atoms with Crippen LogP contribution in [0.3, 0.4) is 0 Å². The van der Waals surface area contributed by atoms with Crippen LogP contribution in [0.5, 0.6) is 0 Å². The van der Waals surface area contributed by atoms with E-state index in [-0.39, 0.29) is 5.97 Å². The first-order chi connectivity index (χ1) is 12.2. The minimum atomic E-state index is -0.322. The van der Waals surface area contributed by atoms with E-state index in [1.807, 2.05) is 36.5 Å². The summed E-state index contributed by atoms with van der Waals surface area (Å²) in [6, 6.07) is 17.5. The van der Waals surface area contributed by atoms with E-state index < -0.39 is 0 Å². The van der Waals surface area contributed by atoms with E-state index in [9.17, 15) is 4.79 Å². The highest BCUT2D eigenvalue weighted by molar-refractivity contribution is 5.89. The van der Waals surface area contributed by atoms with Gasteiger partial charge in [-0.15, -0.1) is 0 Å². The first kappa shape index (κ1) is 16.7. The van der Waals surface area contributed by atoms with Gasteiger partial charge in [-0.25, -0.2) is 4.79 Å². The largest absolute Gasteiger partial charge is 0.465 e. The first-order valence-corrected chi connectivity index (χ1v) is 8.10. The molecule has 4 heteroatoms. The predicted molar refractivity (Wildman–Crippen MR) is 102 cm³/mol. The lowest BCUT2D eigenvalue weighted by Gasteiger charge is -2.08. The second kappa shape index (κ2) is 7.62. The maximum absolute atomic E-state index is 11.4. The summed E-state index contributed by atoms with van der Waals surface area (Å²) >= 11 is 0. The van der Waals surface area contributed by atoms with E-state index in [0.29, 0.717) is 5.56 Å². The number of para-hydroxylation sites is 1. The number of hydrogen-bond donors (Lipinski definition) is 1. The van der Waals surface area contributed by atoms with Gasteiger partial charge in [-0.2, -0.15) is 0 Å². The highest BCUT2D eigenvalue weighted by atomic mass is 16.5. The second-order valence-corrected chi connectivity index (χ2v) is 5.87. The second-order valence-electron chi connectivity index (χ2n) is 5.87. The maximum atomic E-state index is 11.4. The van der Waals surface area contributed by atoms with Crippen molar-refractivity contribution < 1.29 is 9.53 Å². The Morgan fingerprint density at radius 2 is 1.92 bits per heavy atom. The molecule has 0 aliphatic rings. The van der Waals surface area contributed by atoms with Gasteiger partial charge in [0.1, 0.15) is 0 Å². The fourth-order valence-electron chi connectivity index (χ4n) is 2.58. The van der Waals surface area contributed by atoms with E-state index >= 15 is 0 Å². The molecule has 1 N–H and O–H groups in total. The molecule has 3 aromatic rings. The summed E-state index contributed by atoms with van der Waals surface area (Å²) in [4.78, 5) is 15.9. The minimum absolute atomic E-state index is 0.322. The number of anilines is 1. The third-order valence-corrected chi connectivity index (χ3v) is 3.91. The van der Waals surface area contributed by atoms with Crippen molar-refractivity contribution in [2.45, 2.75) is 6.92 Å². The lowest BCUT2D eigenvalue weighted by atomic mass is 10.1. The minimum Gasteiger partial charge on any atom is -0.465 e. The van der Waals surface area contributed by atoms with Crippen molar-refractivity contribution >= 4 is 28.6 Å². The van der Waals surface area contributed by atoms with Crippen LogP contribution in [0.15, 0.2) is 66.4 Å². The third-order valence-electron chi connectivity index (χ3n) is 3.91. The summed E-state index contributed by atoms with van der Waals surface area (Å²) in [5, 5.41) is 4.51. The van der Waals surface area contributed by atoms with Crippen LogP contribution < -0.4 is 5.32 Å². The first-order valence-electron chi connectivity index (χ1n) is 8.10. The van der Waals surface area contributed by atoms with Gasteiger partial charge in [-0.05, 0) is 36.8 Å². The number of benzene rings is 2. The van der Waals surface area contributed by atoms with Gasteiger partial charge in [-0.3, -0.25) is 4.98 Å². The molecule has 0 amide bonds. The summed E-state index contributed by atoms with van der Waals surface area (Å²) in [5.41, 5.74) is 4.76. The van der Waals surface area contributed by atoms with Crippen LogP contribution in [-0.2, 0) is 4.74 Å². The molecule has 2 aromatic carbocycles. The summed E-state index contributed by atoms with van der Waals surface area (Å²) in [6.45, 7) is 2.79. The van der Waals surface area contributed by atoms with Crippen LogP contribution in [0.1, 0.15) is 22.8 Å². The summed E-state index contributed by atoms with van der Waals surface area (Å²) in [6.07, 6.45) is 3.93. The van der Waals surface area contributed by atoms with Gasteiger partial charge >= 0.3 is 5.97 Å². The average molecular weight is 332 g/mol. The molecular weight excluding hydrogens is 312 g/mol. The number of aromatic nitrogens is 1. The number of ether oxygens (including phenoxy) is 1. The fraction of sp³-hybridized carbons (Fsp3) is 0.143. The van der Waals surface area contributed by atoms with E-state index in [1.165, 1.54) is 12.7 Å². The number of nitrogens with zero attached hydrogens (tertiary/aromatic N) is 1. The monoisotopic (exact) mass is 332 g/mol. The van der Waals surface area contributed by atoms with Gasteiger partial charge < -0.3 is 10.1 Å². The number of carbonyl (C=O) groups excluding carboxylic acids is 1. The molecule has 0 fully saturated rings. The van der Waals surface area contributed by atoms with Gasteiger partial charge in [0, 0.05) is 11.9 Å². The number of hydrogen-bond acceptors (Lipinski definition) is 4. The molecule has 0 unspecified atom stereocenters. The number of pyridine rings is 1. The van der Waals surface area contributed by atoms with Crippen molar-refractivity contribution in [2.24, 2.45) is 0 Å². The molecule has 0 saturated carbocycles. The molecular formula is C21H20N2O2. The Bertz CT molecular complexity index is 915. The van der Waals surface area contributed by atoms with Crippen LogP contribution in [0.25, 0.3) is 17.0 Å². The Kier molecular flexibility index (Phi) is 5.09. The van der Waals surface area contributed by atoms with Crippen LogP contribution in [0, 0.1) is 0 Å². The van der Waals surface area contributed by atoms with Crippen molar-refractivity contribution in [1.82, 2.24) is 4.98 Å². The van der Waals surface area contributed by atoms with E-state index in [0.717, 1.165) is 28.7 Å². The topological polar surface area (TPSA) is 51.2 Å². The molecule has 25 heavy (non-hydrogen) atoms. The van der Waals surface area contributed by atoms with E-state index in [4.69, 9.17) is 4.74 Å². The SMILES string of the molecule is COC(=O)c1ccc(/C=C(\C)CNc2cnc3ccccc3c2)cc1. The molecule has 0 radical (unpaired) electrons. The summed E-state index contributed by atoms with van der Waals surface area (Å²) < 4.78 is 4.71. The van der Waals surface area contributed by atoms with Crippen LogP contribution in [-0.4, -0.2) is 24.6 Å². The number of rotatable bonds is 5. The quantitative estimate of drug-likeness (QED) is 0.697. The van der Waals surface area contributed by atoms with Crippen molar-refractivity contribution in [1.29, 1.82) is 0 Å². The van der Waals surface area contributed by atoms with Crippen molar-refractivity contribution in [3.05, 3.63) is 77.5 Å². The van der Waals surface area contributed by atoms with Crippen molar-refractivity contribution in [3.63, 3.8) is 0 Å². The molecule has 0 aliphatic carbocycles. The van der Waals surface area contributed by atoms with Gasteiger partial charge in [0.2, 0.25) is 0 Å². The summed E-state index contributed by atoms with van der Waals surface area (Å²) in [7, 11) is 1.38. The molecule has 1 heterocycles. The van der Waals surface area contributed by atoms with Gasteiger partial charge in [-0.1, -0.05) is 42.0 Å². The number of esters is 1. The Balaban J connectivity index is 1.65. The zero-order chi connectivity index (χ0) is 17.6. The molecule has 4 nitrogen and oxygen atoms in total. The Morgan fingerprint density at radius 3 is 2.68 bits per heavy atom. The Morgan fingerprint density at radius 1 is 1.16 bits per heavy atom. The maximum Gasteiger partial charge on any atom is 0.337 e. The van der Waals surface area contributed by atoms with Gasteiger partial charge in [0.15, 0.2) is 0 Å². The molecule has 1 aromatic heterocycles. The third kappa shape index (κ3) is 4.23. The van der Waals surface area contributed by atoms with Crippen LogP contribution in [0.4, 0.5) is 5.69 Å². The Hall–Kier alpha value is -3.14. The Labute approximate surface area is 147 Å². The standard InChI is InChI=1S/C21H20N2O2/c1-15(11-16-7-9-17(10-8-16)21(24)25-2)13-22-19-12-18-5-3-4-6-20(18)23-14-19/h3-12,14,22H,13H2,1-2H3/b15-11+. The van der Waals surface area contributed by atoms with Gasteiger partial charge in [0.25, 0.3) is 0 Å². The normalized spacial score (nSPS) is 11.4. The van der Waals surface area contributed by atoms with Crippen LogP contribution >= 0.6 is 0 Å². The highest BCUT2D eigenvalue weighted by Gasteiger charge is 2.03. The molecule has 0 aliphatic heterocycles. The lowest BCUT2D eigenvalue weighted by Crippen LogP contribution is -2.03. The summed E-state index contributed by atoms with van der Waals surface area (Å²) in [5.74, 6) is -0.322. The van der Waals surface area contributed by atoms with Crippen molar-refractivity contribution in [3.8, 4) is 0 Å². The lowest BCUT2D eigenvalue weighted by molar-refractivity contribution is 0.0600. The molecule has 3 rings (SSSR count). The fourth-order valence-corrected chi connectivity index (χ4v) is 2.58.